The second-order valence-corrected chi connectivity index (χ2v) is 8.88. The molecule has 1 amide bonds. The molecule has 0 atom stereocenters. The molecule has 0 saturated carbocycles. The number of benzene rings is 2. The molecule has 7 nitrogen and oxygen atoms in total. The molecule has 0 unspecified atom stereocenters. The molecule has 29 heavy (non-hydrogen) atoms. The molecule has 0 aliphatic rings. The van der Waals surface area contributed by atoms with Gasteiger partial charge < -0.3 is 9.88 Å². The maximum absolute atomic E-state index is 12.3. The molecule has 0 aliphatic heterocycles. The third-order valence-electron chi connectivity index (χ3n) is 4.50. The van der Waals surface area contributed by atoms with Crippen LogP contribution in [0.2, 0.25) is 0 Å². The van der Waals surface area contributed by atoms with Crippen LogP contribution in [0.15, 0.2) is 71.9 Å². The Labute approximate surface area is 171 Å². The summed E-state index contributed by atoms with van der Waals surface area (Å²) in [5, 5.41) is 2.87. The van der Waals surface area contributed by atoms with E-state index in [9.17, 15) is 13.2 Å². The summed E-state index contributed by atoms with van der Waals surface area (Å²) in [5.41, 5.74) is 1.48. The maximum Gasteiger partial charge on any atom is 0.251 e. The summed E-state index contributed by atoms with van der Waals surface area (Å²) in [7, 11) is -0.556. The molecule has 0 spiro atoms. The van der Waals surface area contributed by atoms with Gasteiger partial charge in [-0.15, -0.1) is 0 Å². The number of hydrogen-bond donors (Lipinski definition) is 1. The van der Waals surface area contributed by atoms with Gasteiger partial charge in [-0.25, -0.2) is 17.7 Å². The van der Waals surface area contributed by atoms with E-state index in [-0.39, 0.29) is 10.8 Å². The molecule has 0 aliphatic carbocycles. The van der Waals surface area contributed by atoms with Crippen LogP contribution in [0, 0.1) is 0 Å². The number of nitrogens with one attached hydrogen (secondary N) is 1. The van der Waals surface area contributed by atoms with Crippen LogP contribution in [0.3, 0.4) is 0 Å². The number of aromatic nitrogens is 2. The molecule has 1 aromatic heterocycles. The minimum absolute atomic E-state index is 0.160. The van der Waals surface area contributed by atoms with Crippen molar-refractivity contribution in [2.45, 2.75) is 17.9 Å². The Bertz CT molecular complexity index is 1060. The quantitative estimate of drug-likeness (QED) is 0.577. The molecule has 1 heterocycles. The summed E-state index contributed by atoms with van der Waals surface area (Å²) in [6.07, 6.45) is 4.44. The summed E-state index contributed by atoms with van der Waals surface area (Å²) in [5.74, 6) is 0.669. The van der Waals surface area contributed by atoms with Gasteiger partial charge in [0.15, 0.2) is 0 Å². The van der Waals surface area contributed by atoms with Crippen LogP contribution in [0.25, 0.3) is 11.4 Å². The third kappa shape index (κ3) is 4.90. The van der Waals surface area contributed by atoms with Crippen molar-refractivity contribution in [1.82, 2.24) is 19.2 Å². The minimum atomic E-state index is -3.50. The fourth-order valence-electron chi connectivity index (χ4n) is 2.88. The van der Waals surface area contributed by atoms with Gasteiger partial charge in [0, 0.05) is 50.7 Å². The SMILES string of the molecule is CN(C)S(=O)(=O)c1ccc(C(=O)NCCCn2ccnc2-c2ccccc2)cc1. The molecule has 0 radical (unpaired) electrons. The first-order valence-electron chi connectivity index (χ1n) is 9.27. The van der Waals surface area contributed by atoms with Gasteiger partial charge in [-0.1, -0.05) is 30.3 Å². The zero-order valence-electron chi connectivity index (χ0n) is 16.4. The Kier molecular flexibility index (Phi) is 6.46. The predicted molar refractivity (Wildman–Crippen MR) is 112 cm³/mol. The first-order chi connectivity index (χ1) is 13.9. The highest BCUT2D eigenvalue weighted by Gasteiger charge is 2.17. The fourth-order valence-corrected chi connectivity index (χ4v) is 3.78. The molecule has 3 rings (SSSR count). The van der Waals surface area contributed by atoms with Crippen molar-refractivity contribution in [1.29, 1.82) is 0 Å². The normalized spacial score (nSPS) is 11.6. The van der Waals surface area contributed by atoms with Crippen molar-refractivity contribution in [2.75, 3.05) is 20.6 Å². The lowest BCUT2D eigenvalue weighted by molar-refractivity contribution is 0.0952. The zero-order valence-corrected chi connectivity index (χ0v) is 17.3. The van der Waals surface area contributed by atoms with E-state index in [2.05, 4.69) is 14.9 Å². The van der Waals surface area contributed by atoms with Crippen molar-refractivity contribution in [2.24, 2.45) is 0 Å². The third-order valence-corrected chi connectivity index (χ3v) is 6.33. The smallest absolute Gasteiger partial charge is 0.251 e. The van der Waals surface area contributed by atoms with Crippen molar-refractivity contribution in [3.05, 3.63) is 72.6 Å². The van der Waals surface area contributed by atoms with Gasteiger partial charge in [0.2, 0.25) is 10.0 Å². The van der Waals surface area contributed by atoms with E-state index in [4.69, 9.17) is 0 Å². The van der Waals surface area contributed by atoms with Gasteiger partial charge in [0.1, 0.15) is 5.82 Å². The number of hydrogen-bond acceptors (Lipinski definition) is 4. The highest BCUT2D eigenvalue weighted by molar-refractivity contribution is 7.89. The zero-order chi connectivity index (χ0) is 20.9. The van der Waals surface area contributed by atoms with Gasteiger partial charge in [-0.3, -0.25) is 4.79 Å². The summed E-state index contributed by atoms with van der Waals surface area (Å²) in [6.45, 7) is 1.23. The molecule has 0 fully saturated rings. The first kappa shape index (κ1) is 20.8. The van der Waals surface area contributed by atoms with Gasteiger partial charge in [-0.05, 0) is 30.7 Å². The number of carbonyl (C=O) groups excluding carboxylic acids is 1. The largest absolute Gasteiger partial charge is 0.352 e. The number of amides is 1. The summed E-state index contributed by atoms with van der Waals surface area (Å²) in [6, 6.07) is 15.9. The molecular weight excluding hydrogens is 388 g/mol. The van der Waals surface area contributed by atoms with Crippen LogP contribution in [0.4, 0.5) is 0 Å². The van der Waals surface area contributed by atoms with Gasteiger partial charge in [-0.2, -0.15) is 0 Å². The highest BCUT2D eigenvalue weighted by atomic mass is 32.2. The molecule has 0 saturated heterocycles. The van der Waals surface area contributed by atoms with Gasteiger partial charge in [0.05, 0.1) is 4.90 Å². The van der Waals surface area contributed by atoms with Gasteiger partial charge >= 0.3 is 0 Å². The van der Waals surface area contributed by atoms with Crippen molar-refractivity contribution < 1.29 is 13.2 Å². The predicted octanol–water partition coefficient (Wildman–Crippen LogP) is 2.62. The van der Waals surface area contributed by atoms with E-state index in [0.29, 0.717) is 12.1 Å². The van der Waals surface area contributed by atoms with E-state index in [1.807, 2.05) is 36.5 Å². The Morgan fingerprint density at radius 2 is 1.76 bits per heavy atom. The summed E-state index contributed by atoms with van der Waals surface area (Å²) >= 11 is 0. The molecule has 2 aromatic carbocycles. The number of sulfonamides is 1. The number of imidazole rings is 1. The van der Waals surface area contributed by atoms with Crippen LogP contribution in [0.5, 0.6) is 0 Å². The van der Waals surface area contributed by atoms with E-state index < -0.39 is 10.0 Å². The fraction of sp³-hybridized carbons (Fsp3) is 0.238. The van der Waals surface area contributed by atoms with E-state index in [1.54, 1.807) is 6.20 Å². The lowest BCUT2D eigenvalue weighted by Gasteiger charge is -2.12. The number of carbonyl (C=O) groups is 1. The maximum atomic E-state index is 12.3. The number of nitrogens with zero attached hydrogens (tertiary/aromatic N) is 3. The van der Waals surface area contributed by atoms with Crippen LogP contribution in [-0.4, -0.2) is 48.8 Å². The topological polar surface area (TPSA) is 84.3 Å². The van der Waals surface area contributed by atoms with Crippen LogP contribution < -0.4 is 5.32 Å². The summed E-state index contributed by atoms with van der Waals surface area (Å²) < 4.78 is 27.4. The monoisotopic (exact) mass is 412 g/mol. The van der Waals surface area contributed by atoms with E-state index in [1.165, 1.54) is 38.4 Å². The second-order valence-electron chi connectivity index (χ2n) is 6.73. The molecule has 0 bridgehead atoms. The lowest BCUT2D eigenvalue weighted by Crippen LogP contribution is -2.25. The van der Waals surface area contributed by atoms with Crippen LogP contribution in [-0.2, 0) is 16.6 Å². The molecule has 152 valence electrons. The Balaban J connectivity index is 1.53. The van der Waals surface area contributed by atoms with Crippen molar-refractivity contribution in [3.63, 3.8) is 0 Å². The molecule has 8 heteroatoms. The van der Waals surface area contributed by atoms with E-state index >= 15 is 0 Å². The van der Waals surface area contributed by atoms with Crippen molar-refractivity contribution in [3.8, 4) is 11.4 Å². The average molecular weight is 413 g/mol. The molecule has 3 aromatic rings. The summed E-state index contributed by atoms with van der Waals surface area (Å²) in [4.78, 5) is 16.9. The van der Waals surface area contributed by atoms with E-state index in [0.717, 1.165) is 28.7 Å². The van der Waals surface area contributed by atoms with Crippen LogP contribution in [0.1, 0.15) is 16.8 Å². The number of rotatable bonds is 8. The van der Waals surface area contributed by atoms with Crippen LogP contribution >= 0.6 is 0 Å². The average Bonchev–Trinajstić information content (AvgIpc) is 3.20. The highest BCUT2D eigenvalue weighted by Crippen LogP contribution is 2.17. The number of aryl methyl sites for hydroxylation is 1. The Morgan fingerprint density at radius 1 is 1.07 bits per heavy atom. The second kappa shape index (κ2) is 9.02. The van der Waals surface area contributed by atoms with Gasteiger partial charge in [0.25, 0.3) is 5.91 Å². The Morgan fingerprint density at radius 3 is 2.41 bits per heavy atom. The Hall–Kier alpha value is -2.97. The lowest BCUT2D eigenvalue weighted by atomic mass is 10.2. The first-order valence-corrected chi connectivity index (χ1v) is 10.7. The molecular formula is C21H24N4O3S. The minimum Gasteiger partial charge on any atom is -0.352 e. The molecule has 1 N–H and O–H groups in total. The standard InChI is InChI=1S/C21H24N4O3S/c1-24(2)29(27,28)19-11-9-18(10-12-19)21(26)23-13-6-15-25-16-14-22-20(25)17-7-4-3-5-8-17/h3-5,7-12,14,16H,6,13,15H2,1-2H3,(H,23,26). The van der Waals surface area contributed by atoms with Crippen molar-refractivity contribution >= 4 is 15.9 Å².